The molecule has 2 aromatic rings. The lowest BCUT2D eigenvalue weighted by Gasteiger charge is -2.07. The second kappa shape index (κ2) is 6.39. The quantitative estimate of drug-likeness (QED) is 0.850. The summed E-state index contributed by atoms with van der Waals surface area (Å²) in [6.45, 7) is 1.85. The second-order valence-electron chi connectivity index (χ2n) is 6.31. The summed E-state index contributed by atoms with van der Waals surface area (Å²) in [7, 11) is -4.00. The van der Waals surface area contributed by atoms with Gasteiger partial charge in [0.2, 0.25) is 5.91 Å². The Hall–Kier alpha value is -2.15. The highest BCUT2D eigenvalue weighted by Gasteiger charge is 2.24. The fourth-order valence-electron chi connectivity index (χ4n) is 3.12. The van der Waals surface area contributed by atoms with Crippen molar-refractivity contribution in [2.75, 3.05) is 0 Å². The Morgan fingerprint density at radius 2 is 1.75 bits per heavy atom. The number of nitrogens with zero attached hydrogens (tertiary/aromatic N) is 2. The molecule has 0 unspecified atom stereocenters. The zero-order valence-corrected chi connectivity index (χ0v) is 14.3. The maximum atomic E-state index is 12.6. The number of aryl methyl sites for hydroxylation is 1. The summed E-state index contributed by atoms with van der Waals surface area (Å²) in [5, 5.41) is 0. The average molecular weight is 348 g/mol. The highest BCUT2D eigenvalue weighted by atomic mass is 32.2. The molecule has 1 fully saturated rings. The highest BCUT2D eigenvalue weighted by Crippen LogP contribution is 2.27. The van der Waals surface area contributed by atoms with E-state index < -0.39 is 15.7 Å². The van der Waals surface area contributed by atoms with E-state index in [0.717, 1.165) is 42.0 Å². The molecule has 0 radical (unpaired) electrons. The molecule has 6 nitrogen and oxygen atoms in total. The summed E-state index contributed by atoms with van der Waals surface area (Å²) in [6, 6.07) is 6.24. The van der Waals surface area contributed by atoms with E-state index in [0.29, 0.717) is 9.89 Å². The van der Waals surface area contributed by atoms with Gasteiger partial charge in [0.05, 0.1) is 4.90 Å². The molecular weight excluding hydrogens is 328 g/mol. The smallest absolute Gasteiger partial charge is 0.274 e. The molecule has 0 atom stereocenters. The van der Waals surface area contributed by atoms with Gasteiger partial charge in [-0.25, -0.2) is 17.8 Å². The molecule has 0 aliphatic heterocycles. The third-order valence-corrected chi connectivity index (χ3v) is 6.19. The molecule has 0 amide bonds. The van der Waals surface area contributed by atoms with E-state index in [-0.39, 0.29) is 17.2 Å². The summed E-state index contributed by atoms with van der Waals surface area (Å²) < 4.78 is 26.7. The van der Waals surface area contributed by atoms with Crippen molar-refractivity contribution in [3.63, 3.8) is 0 Å². The van der Waals surface area contributed by atoms with Crippen LogP contribution in [0.5, 0.6) is 0 Å². The molecule has 3 rings (SSSR count). The van der Waals surface area contributed by atoms with Crippen LogP contribution in [0.15, 0.2) is 46.3 Å². The van der Waals surface area contributed by atoms with Gasteiger partial charge >= 0.3 is 5.69 Å². The summed E-state index contributed by atoms with van der Waals surface area (Å²) >= 11 is 0. The van der Waals surface area contributed by atoms with Crippen LogP contribution in [0.2, 0.25) is 0 Å². The van der Waals surface area contributed by atoms with Crippen LogP contribution in [0.4, 0.5) is 0 Å². The van der Waals surface area contributed by atoms with Gasteiger partial charge in [-0.3, -0.25) is 4.79 Å². The van der Waals surface area contributed by atoms with Crippen LogP contribution in [0.25, 0.3) is 0 Å². The number of hydrogen-bond acceptors (Lipinski definition) is 4. The SMILES string of the molecule is Cc1ccc(S(=O)(=O)n2ccn(C(=O)CC3CCCC3)c2=O)cc1. The molecule has 0 spiro atoms. The number of aromatic nitrogens is 2. The first-order valence-electron chi connectivity index (χ1n) is 8.05. The van der Waals surface area contributed by atoms with Crippen molar-refractivity contribution < 1.29 is 13.2 Å². The van der Waals surface area contributed by atoms with Crippen LogP contribution in [0, 0.1) is 12.8 Å². The number of carbonyl (C=O) groups excluding carboxylic acids is 1. The third kappa shape index (κ3) is 3.08. The van der Waals surface area contributed by atoms with Gasteiger partial charge in [-0.15, -0.1) is 0 Å². The van der Waals surface area contributed by atoms with Crippen LogP contribution in [-0.2, 0) is 10.0 Å². The lowest BCUT2D eigenvalue weighted by atomic mass is 10.0. The standard InChI is InChI=1S/C17H20N2O4S/c1-13-6-8-15(9-7-13)24(22,23)19-11-10-18(17(19)21)16(20)12-14-4-2-3-5-14/h6-11,14H,2-5,12H2,1H3. The van der Waals surface area contributed by atoms with Crippen molar-refractivity contribution in [3.8, 4) is 0 Å². The normalized spacial score (nSPS) is 15.7. The van der Waals surface area contributed by atoms with Crippen LogP contribution in [-0.4, -0.2) is 22.9 Å². The van der Waals surface area contributed by atoms with Crippen LogP contribution < -0.4 is 5.69 Å². The monoisotopic (exact) mass is 348 g/mol. The summed E-state index contributed by atoms with van der Waals surface area (Å²) in [5.41, 5.74) is 0.0872. The minimum atomic E-state index is -4.00. The summed E-state index contributed by atoms with van der Waals surface area (Å²) in [4.78, 5) is 24.7. The number of hydrogen-bond donors (Lipinski definition) is 0. The number of rotatable bonds is 4. The molecule has 0 saturated heterocycles. The topological polar surface area (TPSA) is 78.1 Å². The van der Waals surface area contributed by atoms with Crippen molar-refractivity contribution >= 4 is 15.9 Å². The number of carbonyl (C=O) groups is 1. The van der Waals surface area contributed by atoms with E-state index in [2.05, 4.69) is 0 Å². The first-order chi connectivity index (χ1) is 11.4. The summed E-state index contributed by atoms with van der Waals surface area (Å²) in [6.07, 6.45) is 6.86. The fourth-order valence-corrected chi connectivity index (χ4v) is 4.33. The van der Waals surface area contributed by atoms with E-state index in [1.54, 1.807) is 12.1 Å². The molecule has 0 N–H and O–H groups in total. The van der Waals surface area contributed by atoms with E-state index in [4.69, 9.17) is 0 Å². The van der Waals surface area contributed by atoms with Crippen molar-refractivity contribution in [2.45, 2.75) is 43.9 Å². The minimum Gasteiger partial charge on any atom is -0.274 e. The molecule has 1 heterocycles. The molecule has 7 heteroatoms. The Bertz CT molecular complexity index is 901. The molecule has 1 aromatic heterocycles. The van der Waals surface area contributed by atoms with Crippen molar-refractivity contribution in [3.05, 3.63) is 52.7 Å². The van der Waals surface area contributed by atoms with Crippen molar-refractivity contribution in [1.82, 2.24) is 8.54 Å². The maximum absolute atomic E-state index is 12.6. The van der Waals surface area contributed by atoms with Crippen LogP contribution in [0.1, 0.15) is 42.5 Å². The van der Waals surface area contributed by atoms with E-state index in [1.807, 2.05) is 6.92 Å². The van der Waals surface area contributed by atoms with Gasteiger partial charge in [-0.2, -0.15) is 3.97 Å². The highest BCUT2D eigenvalue weighted by molar-refractivity contribution is 7.90. The largest absolute Gasteiger partial charge is 0.349 e. The maximum Gasteiger partial charge on any atom is 0.349 e. The number of imidazole rings is 1. The van der Waals surface area contributed by atoms with Crippen molar-refractivity contribution in [2.24, 2.45) is 5.92 Å². The first-order valence-corrected chi connectivity index (χ1v) is 9.49. The van der Waals surface area contributed by atoms with Gasteiger partial charge in [0.25, 0.3) is 10.0 Å². The molecule has 0 bridgehead atoms. The molecule has 128 valence electrons. The number of benzene rings is 1. The minimum absolute atomic E-state index is 0.0243. The second-order valence-corrected chi connectivity index (χ2v) is 8.13. The Morgan fingerprint density at radius 3 is 2.38 bits per heavy atom. The molecule has 1 aliphatic carbocycles. The first kappa shape index (κ1) is 16.7. The van der Waals surface area contributed by atoms with Gasteiger partial charge in [0, 0.05) is 18.8 Å². The fraction of sp³-hybridized carbons (Fsp3) is 0.412. The Kier molecular flexibility index (Phi) is 4.45. The molecule has 24 heavy (non-hydrogen) atoms. The molecule has 1 aliphatic rings. The molecule has 1 aromatic carbocycles. The lowest BCUT2D eigenvalue weighted by Crippen LogP contribution is -2.32. The Morgan fingerprint density at radius 1 is 1.12 bits per heavy atom. The van der Waals surface area contributed by atoms with E-state index in [9.17, 15) is 18.0 Å². The average Bonchev–Trinajstić information content (AvgIpc) is 3.17. The van der Waals surface area contributed by atoms with Crippen LogP contribution in [0.3, 0.4) is 0 Å². The van der Waals surface area contributed by atoms with E-state index in [1.165, 1.54) is 18.3 Å². The van der Waals surface area contributed by atoms with Gasteiger partial charge in [-0.05, 0) is 37.8 Å². The van der Waals surface area contributed by atoms with Gasteiger partial charge in [-0.1, -0.05) is 30.5 Å². The Balaban J connectivity index is 1.90. The Labute approximate surface area is 140 Å². The predicted octanol–water partition coefficient (Wildman–Crippen LogP) is 2.42. The van der Waals surface area contributed by atoms with Gasteiger partial charge in [0.15, 0.2) is 0 Å². The summed E-state index contributed by atoms with van der Waals surface area (Å²) in [5.74, 6) is -0.0498. The van der Waals surface area contributed by atoms with Crippen LogP contribution >= 0.6 is 0 Å². The van der Waals surface area contributed by atoms with Crippen molar-refractivity contribution in [1.29, 1.82) is 0 Å². The van der Waals surface area contributed by atoms with Gasteiger partial charge < -0.3 is 0 Å². The van der Waals surface area contributed by atoms with E-state index >= 15 is 0 Å². The molecule has 1 saturated carbocycles. The zero-order chi connectivity index (χ0) is 17.3. The lowest BCUT2D eigenvalue weighted by molar-refractivity contribution is 0.0876. The predicted molar refractivity (Wildman–Crippen MR) is 89.7 cm³/mol. The zero-order valence-electron chi connectivity index (χ0n) is 13.5. The molecular formula is C17H20N2O4S. The third-order valence-electron chi connectivity index (χ3n) is 4.53. The van der Waals surface area contributed by atoms with Gasteiger partial charge in [0.1, 0.15) is 0 Å².